The van der Waals surface area contributed by atoms with Gasteiger partial charge < -0.3 is 14.5 Å². The van der Waals surface area contributed by atoms with Crippen molar-refractivity contribution in [2.24, 2.45) is 5.92 Å². The number of carbonyl (C=O) groups excluding carboxylic acids is 2. The Bertz CT molecular complexity index is 504. The number of nitrogens with one attached hydrogen (secondary N) is 1. The predicted molar refractivity (Wildman–Crippen MR) is 78.0 cm³/mol. The van der Waals surface area contributed by atoms with Crippen molar-refractivity contribution in [2.75, 3.05) is 7.11 Å². The molecule has 1 amide bonds. The van der Waals surface area contributed by atoms with Crippen LogP contribution in [-0.4, -0.2) is 25.0 Å². The van der Waals surface area contributed by atoms with Gasteiger partial charge >= 0.3 is 5.97 Å². The van der Waals surface area contributed by atoms with Gasteiger partial charge in [0.1, 0.15) is 11.8 Å². The van der Waals surface area contributed by atoms with Gasteiger partial charge in [0.2, 0.25) is 0 Å². The van der Waals surface area contributed by atoms with E-state index in [1.165, 1.54) is 13.4 Å². The Kier molecular flexibility index (Phi) is 5.04. The van der Waals surface area contributed by atoms with E-state index in [1.54, 1.807) is 6.07 Å². The minimum Gasteiger partial charge on any atom is -0.468 e. The summed E-state index contributed by atoms with van der Waals surface area (Å²) in [5, 5.41) is 2.78. The quantitative estimate of drug-likeness (QED) is 0.785. The van der Waals surface area contributed by atoms with Crippen molar-refractivity contribution in [1.82, 2.24) is 5.32 Å². The molecule has 0 radical (unpaired) electrons. The second kappa shape index (κ2) is 6.78. The van der Waals surface area contributed by atoms with Crippen LogP contribution >= 0.6 is 0 Å². The number of ether oxygens (including phenoxy) is 1. The predicted octanol–water partition coefficient (Wildman–Crippen LogP) is 2.86. The zero-order chi connectivity index (χ0) is 15.4. The fourth-order valence-corrected chi connectivity index (χ4v) is 2.33. The summed E-state index contributed by atoms with van der Waals surface area (Å²) in [5.41, 5.74) is 0.538. The third kappa shape index (κ3) is 3.86. The van der Waals surface area contributed by atoms with Crippen molar-refractivity contribution in [3.63, 3.8) is 0 Å². The van der Waals surface area contributed by atoms with Crippen LogP contribution in [0.25, 0.3) is 0 Å². The second-order valence-electron chi connectivity index (χ2n) is 5.77. The van der Waals surface area contributed by atoms with Crippen LogP contribution in [0.4, 0.5) is 0 Å². The molecule has 1 aromatic rings. The maximum Gasteiger partial charge on any atom is 0.328 e. The topological polar surface area (TPSA) is 68.5 Å². The molecule has 1 aliphatic carbocycles. The third-order valence-electron chi connectivity index (χ3n) is 4.01. The number of amides is 1. The van der Waals surface area contributed by atoms with E-state index in [-0.39, 0.29) is 5.91 Å². The molecule has 5 heteroatoms. The highest BCUT2D eigenvalue weighted by Gasteiger charge is 2.32. The number of furan rings is 1. The minimum absolute atomic E-state index is 0.260. The van der Waals surface area contributed by atoms with Gasteiger partial charge in [-0.2, -0.15) is 0 Å². The first-order valence-electron chi connectivity index (χ1n) is 7.52. The fourth-order valence-electron chi connectivity index (χ4n) is 2.33. The second-order valence-corrected chi connectivity index (χ2v) is 5.77. The van der Waals surface area contributed by atoms with Gasteiger partial charge in [-0.05, 0) is 31.2 Å². The summed E-state index contributed by atoms with van der Waals surface area (Å²) < 4.78 is 10.2. The van der Waals surface area contributed by atoms with E-state index in [9.17, 15) is 9.59 Å². The van der Waals surface area contributed by atoms with Crippen molar-refractivity contribution in [1.29, 1.82) is 0 Å². The monoisotopic (exact) mass is 293 g/mol. The summed E-state index contributed by atoms with van der Waals surface area (Å²) in [6, 6.07) is 1.06. The molecular formula is C16H23NO4. The summed E-state index contributed by atoms with van der Waals surface area (Å²) in [6.07, 6.45) is 5.17. The first-order valence-corrected chi connectivity index (χ1v) is 7.52. The lowest BCUT2D eigenvalue weighted by Crippen LogP contribution is -2.42. The number of carbonyl (C=O) groups is 2. The Morgan fingerprint density at radius 2 is 2.19 bits per heavy atom. The molecule has 0 bridgehead atoms. The van der Waals surface area contributed by atoms with Crippen molar-refractivity contribution in [2.45, 2.75) is 51.5 Å². The Morgan fingerprint density at radius 3 is 2.76 bits per heavy atom. The van der Waals surface area contributed by atoms with Crippen LogP contribution in [0.5, 0.6) is 0 Å². The molecule has 2 rings (SSSR count). The molecule has 2 unspecified atom stereocenters. The van der Waals surface area contributed by atoms with Gasteiger partial charge in [0.15, 0.2) is 0 Å². The molecule has 1 fully saturated rings. The molecule has 5 nitrogen and oxygen atoms in total. The van der Waals surface area contributed by atoms with Gasteiger partial charge in [-0.25, -0.2) is 4.79 Å². The number of hydrogen-bond acceptors (Lipinski definition) is 4. The van der Waals surface area contributed by atoms with Crippen LogP contribution in [0.1, 0.15) is 61.6 Å². The Morgan fingerprint density at radius 1 is 1.48 bits per heavy atom. The van der Waals surface area contributed by atoms with E-state index >= 15 is 0 Å². The van der Waals surface area contributed by atoms with E-state index in [0.717, 1.165) is 25.0 Å². The van der Waals surface area contributed by atoms with Gasteiger partial charge in [-0.3, -0.25) is 4.79 Å². The van der Waals surface area contributed by atoms with Crippen LogP contribution in [0.2, 0.25) is 0 Å². The molecule has 0 saturated heterocycles. The average Bonchev–Trinajstić information content (AvgIpc) is 3.22. The number of esters is 1. The highest BCUT2D eigenvalue weighted by molar-refractivity contribution is 5.97. The molecule has 0 aromatic carbocycles. The van der Waals surface area contributed by atoms with Crippen LogP contribution < -0.4 is 5.32 Å². The Labute approximate surface area is 125 Å². The smallest absolute Gasteiger partial charge is 0.328 e. The van der Waals surface area contributed by atoms with E-state index in [4.69, 9.17) is 9.15 Å². The van der Waals surface area contributed by atoms with Gasteiger partial charge in [0, 0.05) is 5.92 Å². The van der Waals surface area contributed by atoms with Crippen molar-refractivity contribution in [3.8, 4) is 0 Å². The zero-order valence-electron chi connectivity index (χ0n) is 12.8. The molecule has 0 aliphatic heterocycles. The maximum atomic E-state index is 12.4. The normalized spacial score (nSPS) is 17.1. The summed E-state index contributed by atoms with van der Waals surface area (Å²) >= 11 is 0. The molecule has 0 spiro atoms. The largest absolute Gasteiger partial charge is 0.468 e. The van der Waals surface area contributed by atoms with Gasteiger partial charge in [-0.1, -0.05) is 20.3 Å². The van der Waals surface area contributed by atoms with Crippen molar-refractivity contribution in [3.05, 3.63) is 23.7 Å². The maximum absolute atomic E-state index is 12.4. The lowest BCUT2D eigenvalue weighted by Gasteiger charge is -2.19. The molecule has 116 valence electrons. The SMILES string of the molecule is CCC(C)CC(NC(=O)c1ccoc1C1CC1)C(=O)OC. The van der Waals surface area contributed by atoms with Gasteiger partial charge in [0.25, 0.3) is 5.91 Å². The highest BCUT2D eigenvalue weighted by atomic mass is 16.5. The molecule has 1 aromatic heterocycles. The molecule has 21 heavy (non-hydrogen) atoms. The number of rotatable bonds is 7. The van der Waals surface area contributed by atoms with Gasteiger partial charge in [-0.15, -0.1) is 0 Å². The van der Waals surface area contributed by atoms with Crippen molar-refractivity contribution < 1.29 is 18.7 Å². The summed E-state index contributed by atoms with van der Waals surface area (Å²) in [4.78, 5) is 24.2. The molecule has 1 aliphatic rings. The molecule has 1 N–H and O–H groups in total. The summed E-state index contributed by atoms with van der Waals surface area (Å²) in [6.45, 7) is 4.11. The Hall–Kier alpha value is -1.78. The Balaban J connectivity index is 2.06. The van der Waals surface area contributed by atoms with Crippen LogP contribution in [0, 0.1) is 5.92 Å². The lowest BCUT2D eigenvalue weighted by molar-refractivity contribution is -0.143. The first kappa shape index (κ1) is 15.6. The van der Waals surface area contributed by atoms with Crippen molar-refractivity contribution >= 4 is 11.9 Å². The van der Waals surface area contributed by atoms with Gasteiger partial charge in [0.05, 0.1) is 18.9 Å². The highest BCUT2D eigenvalue weighted by Crippen LogP contribution is 2.42. The van der Waals surface area contributed by atoms with Crippen LogP contribution in [0.15, 0.2) is 16.7 Å². The standard InChI is InChI=1S/C16H23NO4/c1-4-10(2)9-13(16(19)20-3)17-15(18)12-7-8-21-14(12)11-5-6-11/h7-8,10-11,13H,4-6,9H2,1-3H3,(H,17,18). The molecule has 2 atom stereocenters. The molecular weight excluding hydrogens is 270 g/mol. The van der Waals surface area contributed by atoms with E-state index in [1.807, 2.05) is 0 Å². The number of methoxy groups -OCH3 is 1. The minimum atomic E-state index is -0.612. The van der Waals surface area contributed by atoms with Crippen LogP contribution in [0.3, 0.4) is 0 Å². The van der Waals surface area contributed by atoms with Crippen LogP contribution in [-0.2, 0) is 9.53 Å². The summed E-state index contributed by atoms with van der Waals surface area (Å²) in [7, 11) is 1.34. The zero-order valence-corrected chi connectivity index (χ0v) is 12.8. The number of hydrogen-bond donors (Lipinski definition) is 1. The molecule has 1 heterocycles. The third-order valence-corrected chi connectivity index (χ3v) is 4.01. The van der Waals surface area contributed by atoms with E-state index in [0.29, 0.717) is 23.8 Å². The molecule has 1 saturated carbocycles. The summed E-state index contributed by atoms with van der Waals surface area (Å²) in [5.74, 6) is 0.762. The lowest BCUT2D eigenvalue weighted by atomic mass is 9.99. The average molecular weight is 293 g/mol. The van der Waals surface area contributed by atoms with E-state index in [2.05, 4.69) is 19.2 Å². The first-order chi connectivity index (χ1) is 10.1. The van der Waals surface area contributed by atoms with E-state index < -0.39 is 12.0 Å². The fraction of sp³-hybridized carbons (Fsp3) is 0.625.